The average molecular weight is 430 g/mol. The van der Waals surface area contributed by atoms with Crippen molar-refractivity contribution in [3.8, 4) is 11.4 Å². The first-order valence-corrected chi connectivity index (χ1v) is 9.96. The topological polar surface area (TPSA) is 92.7 Å². The van der Waals surface area contributed by atoms with Gasteiger partial charge in [-0.3, -0.25) is 9.59 Å². The molecule has 2 aromatic carbocycles. The maximum Gasteiger partial charge on any atom is 0.329 e. The average Bonchev–Trinajstić information content (AvgIpc) is 3.34. The van der Waals surface area contributed by atoms with Crippen LogP contribution in [0.2, 0.25) is 0 Å². The molecule has 8 nitrogen and oxygen atoms in total. The van der Waals surface area contributed by atoms with Crippen LogP contribution in [0.5, 0.6) is 5.75 Å². The molecule has 0 atom stereocenters. The lowest BCUT2D eigenvalue weighted by molar-refractivity contribution is -0.127. The molecule has 0 bridgehead atoms. The number of hydrogen-bond donors (Lipinski definition) is 2. The number of methoxy groups -OCH3 is 1. The summed E-state index contributed by atoms with van der Waals surface area (Å²) in [5, 5.41) is 5.24. The van der Waals surface area contributed by atoms with E-state index in [1.807, 2.05) is 72.4 Å². The summed E-state index contributed by atoms with van der Waals surface area (Å²) < 4.78 is 7.06. The van der Waals surface area contributed by atoms with Crippen molar-refractivity contribution >= 4 is 29.6 Å². The Bertz CT molecular complexity index is 1210. The Labute approximate surface area is 185 Å². The molecule has 2 heterocycles. The van der Waals surface area contributed by atoms with Gasteiger partial charge in [0, 0.05) is 23.8 Å². The Morgan fingerprint density at radius 1 is 1.12 bits per heavy atom. The van der Waals surface area contributed by atoms with E-state index >= 15 is 0 Å². The van der Waals surface area contributed by atoms with Crippen LogP contribution in [0, 0.1) is 6.92 Å². The van der Waals surface area contributed by atoms with Gasteiger partial charge in [0.25, 0.3) is 5.91 Å². The zero-order valence-corrected chi connectivity index (χ0v) is 17.7. The predicted octanol–water partition coefficient (Wildman–Crippen LogP) is 3.33. The van der Waals surface area contributed by atoms with Crippen molar-refractivity contribution < 1.29 is 19.1 Å². The summed E-state index contributed by atoms with van der Waals surface area (Å²) in [6.45, 7) is 1.54. The second kappa shape index (κ2) is 8.81. The minimum atomic E-state index is -0.629. The Morgan fingerprint density at radius 2 is 1.91 bits per heavy atom. The number of aryl methyl sites for hydroxylation is 1. The second-order valence-electron chi connectivity index (χ2n) is 7.35. The molecule has 0 aliphatic carbocycles. The van der Waals surface area contributed by atoms with E-state index < -0.39 is 17.8 Å². The number of urea groups is 1. The zero-order valence-electron chi connectivity index (χ0n) is 17.7. The van der Waals surface area contributed by atoms with E-state index in [4.69, 9.17) is 4.74 Å². The third-order valence-corrected chi connectivity index (χ3v) is 4.96. The lowest BCUT2D eigenvalue weighted by Crippen LogP contribution is -2.38. The molecule has 0 unspecified atom stereocenters. The van der Waals surface area contributed by atoms with Crippen molar-refractivity contribution in [3.63, 3.8) is 0 Å². The minimum absolute atomic E-state index is 0.117. The van der Waals surface area contributed by atoms with Gasteiger partial charge in [0.15, 0.2) is 0 Å². The Balaban J connectivity index is 1.44. The van der Waals surface area contributed by atoms with Gasteiger partial charge in [0.1, 0.15) is 18.0 Å². The summed E-state index contributed by atoms with van der Waals surface area (Å²) in [5.74, 6) is -0.244. The normalized spacial score (nSPS) is 14.6. The van der Waals surface area contributed by atoms with Crippen LogP contribution in [-0.4, -0.2) is 41.0 Å². The van der Waals surface area contributed by atoms with Gasteiger partial charge < -0.3 is 19.9 Å². The number of anilines is 1. The molecule has 4 rings (SSSR count). The summed E-state index contributed by atoms with van der Waals surface area (Å²) in [6, 6.07) is 16.0. The van der Waals surface area contributed by atoms with Gasteiger partial charge in [0.05, 0.1) is 7.11 Å². The molecule has 0 spiro atoms. The van der Waals surface area contributed by atoms with Crippen LogP contribution in [0.3, 0.4) is 0 Å². The summed E-state index contributed by atoms with van der Waals surface area (Å²) in [6.07, 6.45) is 5.27. The maximum atomic E-state index is 12.7. The molecular formula is C24H22N4O4. The van der Waals surface area contributed by atoms with Crippen molar-refractivity contribution in [2.75, 3.05) is 19.0 Å². The van der Waals surface area contributed by atoms with E-state index in [-0.39, 0.29) is 12.2 Å². The molecule has 1 aliphatic rings. The molecule has 1 aliphatic heterocycles. The molecular weight excluding hydrogens is 408 g/mol. The molecule has 4 amide bonds. The van der Waals surface area contributed by atoms with E-state index in [1.165, 1.54) is 0 Å². The fourth-order valence-corrected chi connectivity index (χ4v) is 3.36. The number of imide groups is 1. The third kappa shape index (κ3) is 4.54. The van der Waals surface area contributed by atoms with Crippen molar-refractivity contribution in [2.45, 2.75) is 6.92 Å². The van der Waals surface area contributed by atoms with Gasteiger partial charge in [-0.2, -0.15) is 0 Å². The van der Waals surface area contributed by atoms with E-state index in [1.54, 1.807) is 19.3 Å². The number of ether oxygens (including phenoxy) is 1. The summed E-state index contributed by atoms with van der Waals surface area (Å²) >= 11 is 0. The van der Waals surface area contributed by atoms with Gasteiger partial charge in [-0.1, -0.05) is 12.1 Å². The van der Waals surface area contributed by atoms with Gasteiger partial charge >= 0.3 is 6.03 Å². The van der Waals surface area contributed by atoms with Crippen molar-refractivity contribution in [1.29, 1.82) is 0 Å². The second-order valence-corrected chi connectivity index (χ2v) is 7.35. The van der Waals surface area contributed by atoms with Crippen LogP contribution in [0.15, 0.2) is 72.7 Å². The molecule has 162 valence electrons. The van der Waals surface area contributed by atoms with Gasteiger partial charge in [-0.15, -0.1) is 0 Å². The first kappa shape index (κ1) is 20.9. The third-order valence-electron chi connectivity index (χ3n) is 4.96. The highest BCUT2D eigenvalue weighted by Gasteiger charge is 2.34. The largest absolute Gasteiger partial charge is 0.497 e. The van der Waals surface area contributed by atoms with E-state index in [9.17, 15) is 14.4 Å². The monoisotopic (exact) mass is 430 g/mol. The summed E-state index contributed by atoms with van der Waals surface area (Å²) in [7, 11) is 1.61. The minimum Gasteiger partial charge on any atom is -0.497 e. The lowest BCUT2D eigenvalue weighted by atomic mass is 10.2. The highest BCUT2D eigenvalue weighted by Crippen LogP contribution is 2.19. The number of nitrogens with one attached hydrogen (secondary N) is 2. The van der Waals surface area contributed by atoms with Gasteiger partial charge in [-0.25, -0.2) is 9.69 Å². The maximum absolute atomic E-state index is 12.7. The summed E-state index contributed by atoms with van der Waals surface area (Å²) in [4.78, 5) is 38.2. The van der Waals surface area contributed by atoms with Crippen LogP contribution in [0.1, 0.15) is 11.1 Å². The first-order chi connectivity index (χ1) is 15.4. The molecule has 1 aromatic heterocycles. The van der Waals surface area contributed by atoms with Crippen molar-refractivity contribution in [2.24, 2.45) is 0 Å². The Morgan fingerprint density at radius 3 is 2.62 bits per heavy atom. The van der Waals surface area contributed by atoms with E-state index in [0.717, 1.165) is 27.5 Å². The van der Waals surface area contributed by atoms with Crippen LogP contribution in [-0.2, 0) is 9.59 Å². The first-order valence-electron chi connectivity index (χ1n) is 9.96. The van der Waals surface area contributed by atoms with Crippen LogP contribution >= 0.6 is 0 Å². The highest BCUT2D eigenvalue weighted by atomic mass is 16.5. The number of benzene rings is 2. The number of nitrogens with zero attached hydrogens (tertiary/aromatic N) is 2. The molecule has 3 aromatic rings. The quantitative estimate of drug-likeness (QED) is 0.464. The van der Waals surface area contributed by atoms with Crippen LogP contribution in [0.4, 0.5) is 10.5 Å². The van der Waals surface area contributed by atoms with Crippen molar-refractivity contribution in [1.82, 2.24) is 14.8 Å². The SMILES string of the molecule is COc1ccc(-n2ccc(/C=C3/NC(=O)N(CC(=O)Nc4cccc(C)c4)C3=O)c2)cc1. The highest BCUT2D eigenvalue weighted by molar-refractivity contribution is 6.15. The van der Waals surface area contributed by atoms with Crippen molar-refractivity contribution in [3.05, 3.63) is 83.8 Å². The molecule has 8 heteroatoms. The predicted molar refractivity (Wildman–Crippen MR) is 120 cm³/mol. The zero-order chi connectivity index (χ0) is 22.7. The van der Waals surface area contributed by atoms with Crippen LogP contribution < -0.4 is 15.4 Å². The number of amides is 4. The molecule has 1 fully saturated rings. The van der Waals surface area contributed by atoms with Gasteiger partial charge in [0.2, 0.25) is 5.91 Å². The molecule has 0 radical (unpaired) electrons. The fraction of sp³-hybridized carbons (Fsp3) is 0.125. The molecule has 32 heavy (non-hydrogen) atoms. The fourth-order valence-electron chi connectivity index (χ4n) is 3.36. The van der Waals surface area contributed by atoms with E-state index in [2.05, 4.69) is 10.6 Å². The van der Waals surface area contributed by atoms with E-state index in [0.29, 0.717) is 5.69 Å². The molecule has 2 N–H and O–H groups in total. The number of hydrogen-bond acceptors (Lipinski definition) is 4. The standard InChI is InChI=1S/C24H22N4O4/c1-16-4-3-5-18(12-16)25-22(29)15-28-23(30)21(26-24(28)31)13-17-10-11-27(14-17)19-6-8-20(32-2)9-7-19/h3-14H,15H2,1-2H3,(H,25,29)(H,26,31)/b21-13+. The number of aromatic nitrogens is 1. The van der Waals surface area contributed by atoms with Crippen LogP contribution in [0.25, 0.3) is 11.8 Å². The number of carbonyl (C=O) groups is 3. The van der Waals surface area contributed by atoms with Gasteiger partial charge in [-0.05, 0) is 66.6 Å². The Hall–Kier alpha value is -4.33. The summed E-state index contributed by atoms with van der Waals surface area (Å²) in [5.41, 5.74) is 3.37. The smallest absolute Gasteiger partial charge is 0.329 e. The number of rotatable bonds is 6. The molecule has 0 saturated carbocycles. The molecule has 1 saturated heterocycles. The Kier molecular flexibility index (Phi) is 5.76. The lowest BCUT2D eigenvalue weighted by Gasteiger charge is -2.12. The number of carbonyl (C=O) groups excluding carboxylic acids is 3.